The third kappa shape index (κ3) is 4.96. The fourth-order valence-electron chi connectivity index (χ4n) is 0.227. The van der Waals surface area contributed by atoms with Crippen molar-refractivity contribution in [2.75, 3.05) is 6.61 Å². The van der Waals surface area contributed by atoms with Gasteiger partial charge in [-0.2, -0.15) is 0 Å². The van der Waals surface area contributed by atoms with E-state index in [1.165, 1.54) is 6.92 Å². The Balaban J connectivity index is 3.49. The molecule has 0 aliphatic carbocycles. The van der Waals surface area contributed by atoms with E-state index in [9.17, 15) is 8.77 Å². The Hall–Kier alpha value is 0.130. The summed E-state index contributed by atoms with van der Waals surface area (Å²) in [4.78, 5) is 8.09. The highest BCUT2D eigenvalue weighted by atomic mass is 32.2. The average Bonchev–Trinajstić information content (AvgIpc) is 1.82. The van der Waals surface area contributed by atoms with Crippen molar-refractivity contribution in [2.24, 2.45) is 0 Å². The van der Waals surface area contributed by atoms with Crippen LogP contribution in [0.1, 0.15) is 6.92 Å². The lowest BCUT2D eigenvalue weighted by atomic mass is 10.5. The molecule has 3 atom stereocenters. The lowest BCUT2D eigenvalue weighted by Gasteiger charge is -1.98. The standard InChI is InChI=1S/C3H7O5PS/c1-3(10(6)7)2-8-9(4)5/h3H,2H2,1H3,(H-,4,5,6,7)/p+1. The second-order valence-corrected chi connectivity index (χ2v) is 3.71. The summed E-state index contributed by atoms with van der Waals surface area (Å²) >= 11 is -1.99. The minimum absolute atomic E-state index is 0.186. The molecule has 0 aromatic carbocycles. The van der Waals surface area contributed by atoms with Crippen LogP contribution in [-0.4, -0.2) is 25.5 Å². The first-order chi connectivity index (χ1) is 4.54. The maximum Gasteiger partial charge on any atom is 0.694 e. The molecule has 0 heterocycles. The number of hydrogen-bond acceptors (Lipinski definition) is 3. The molecule has 5 nitrogen and oxygen atoms in total. The van der Waals surface area contributed by atoms with Gasteiger partial charge >= 0.3 is 8.25 Å². The Morgan fingerprint density at radius 1 is 1.80 bits per heavy atom. The molecule has 0 saturated heterocycles. The summed E-state index contributed by atoms with van der Waals surface area (Å²) in [6.45, 7) is 1.25. The van der Waals surface area contributed by atoms with Crippen LogP contribution in [0, 0.1) is 0 Å². The molecule has 0 radical (unpaired) electrons. The topological polar surface area (TPSA) is 83.8 Å². The molecule has 0 aromatic heterocycles. The van der Waals surface area contributed by atoms with Gasteiger partial charge in [0, 0.05) is 4.57 Å². The van der Waals surface area contributed by atoms with Gasteiger partial charge in [-0.15, -0.1) is 9.42 Å². The van der Waals surface area contributed by atoms with Crippen LogP contribution in [0.4, 0.5) is 0 Å². The van der Waals surface area contributed by atoms with Crippen LogP contribution in [0.5, 0.6) is 0 Å². The third-order valence-electron chi connectivity index (χ3n) is 0.764. The zero-order valence-electron chi connectivity index (χ0n) is 5.26. The first-order valence-electron chi connectivity index (χ1n) is 2.42. The van der Waals surface area contributed by atoms with E-state index in [1.807, 2.05) is 0 Å². The molecule has 7 heteroatoms. The van der Waals surface area contributed by atoms with Gasteiger partial charge in [0.25, 0.3) is 0 Å². The van der Waals surface area contributed by atoms with Crippen molar-refractivity contribution in [2.45, 2.75) is 12.2 Å². The predicted molar refractivity (Wildman–Crippen MR) is 36.0 cm³/mol. The Bertz CT molecular complexity index is 148. The maximum absolute atomic E-state index is 10.2. The zero-order chi connectivity index (χ0) is 8.15. The van der Waals surface area contributed by atoms with Gasteiger partial charge in [-0.05, 0) is 6.92 Å². The second-order valence-electron chi connectivity index (χ2n) is 1.62. The van der Waals surface area contributed by atoms with Gasteiger partial charge < -0.3 is 4.55 Å². The Morgan fingerprint density at radius 3 is 2.60 bits per heavy atom. The van der Waals surface area contributed by atoms with E-state index < -0.39 is 24.6 Å². The van der Waals surface area contributed by atoms with E-state index in [-0.39, 0.29) is 6.61 Å². The van der Waals surface area contributed by atoms with Crippen molar-refractivity contribution in [3.05, 3.63) is 0 Å². The maximum atomic E-state index is 10.2. The van der Waals surface area contributed by atoms with Crippen molar-refractivity contribution in [1.82, 2.24) is 0 Å². The molecular weight excluding hydrogens is 179 g/mol. The molecule has 0 aliphatic rings. The van der Waals surface area contributed by atoms with E-state index >= 15 is 0 Å². The molecule has 0 bridgehead atoms. The van der Waals surface area contributed by atoms with Crippen LogP contribution in [0.15, 0.2) is 0 Å². The molecule has 60 valence electrons. The molecule has 0 aromatic rings. The van der Waals surface area contributed by atoms with Crippen molar-refractivity contribution in [3.8, 4) is 0 Å². The van der Waals surface area contributed by atoms with Crippen molar-refractivity contribution >= 4 is 19.3 Å². The molecule has 3 unspecified atom stereocenters. The highest BCUT2D eigenvalue weighted by Gasteiger charge is 2.17. The molecule has 0 spiro atoms. The van der Waals surface area contributed by atoms with Crippen LogP contribution < -0.4 is 0 Å². The summed E-state index contributed by atoms with van der Waals surface area (Å²) in [7, 11) is -2.65. The summed E-state index contributed by atoms with van der Waals surface area (Å²) in [6, 6.07) is 0. The van der Waals surface area contributed by atoms with Gasteiger partial charge in [0.2, 0.25) is 0 Å². The van der Waals surface area contributed by atoms with Gasteiger partial charge in [0.15, 0.2) is 11.1 Å². The van der Waals surface area contributed by atoms with Gasteiger partial charge in [-0.1, -0.05) is 0 Å². The Labute approximate surface area is 61.6 Å². The minimum atomic E-state index is -2.65. The molecule has 2 N–H and O–H groups in total. The molecular formula is C3H8O5PS+. The molecule has 0 fully saturated rings. The molecule has 0 aliphatic heterocycles. The summed E-state index contributed by atoms with van der Waals surface area (Å²) in [5.74, 6) is 0. The monoisotopic (exact) mass is 187 g/mol. The molecule has 10 heavy (non-hydrogen) atoms. The molecule has 0 saturated carbocycles. The van der Waals surface area contributed by atoms with Crippen LogP contribution in [-0.2, 0) is 20.2 Å². The Morgan fingerprint density at radius 2 is 2.30 bits per heavy atom. The van der Waals surface area contributed by atoms with Crippen LogP contribution in [0.25, 0.3) is 0 Å². The van der Waals surface area contributed by atoms with Crippen LogP contribution in [0.3, 0.4) is 0 Å². The highest BCUT2D eigenvalue weighted by Crippen LogP contribution is 2.14. The largest absolute Gasteiger partial charge is 0.694 e. The van der Waals surface area contributed by atoms with Gasteiger partial charge in [-0.25, -0.2) is 4.21 Å². The predicted octanol–water partition coefficient (Wildman–Crippen LogP) is 0.263. The summed E-state index contributed by atoms with van der Waals surface area (Å²) in [6.07, 6.45) is 0. The fourth-order valence-corrected chi connectivity index (χ4v) is 0.863. The molecule has 0 rings (SSSR count). The van der Waals surface area contributed by atoms with Gasteiger partial charge in [0.1, 0.15) is 6.61 Å². The first kappa shape index (κ1) is 10.1. The van der Waals surface area contributed by atoms with E-state index in [2.05, 4.69) is 4.52 Å². The fraction of sp³-hybridized carbons (Fsp3) is 1.00. The zero-order valence-corrected chi connectivity index (χ0v) is 6.97. The van der Waals surface area contributed by atoms with E-state index in [0.29, 0.717) is 0 Å². The Kier molecular flexibility index (Phi) is 4.93. The average molecular weight is 187 g/mol. The summed E-state index contributed by atoms with van der Waals surface area (Å²) in [5.41, 5.74) is 0. The first-order valence-corrected chi connectivity index (χ1v) is 4.72. The van der Waals surface area contributed by atoms with Crippen molar-refractivity contribution in [1.29, 1.82) is 0 Å². The SMILES string of the molecule is CC(CO[P+](=O)O)S(=O)O. The lowest BCUT2D eigenvalue weighted by Crippen LogP contribution is -2.15. The number of hydrogen-bond donors (Lipinski definition) is 2. The van der Waals surface area contributed by atoms with Crippen molar-refractivity contribution < 1.29 is 22.7 Å². The van der Waals surface area contributed by atoms with Crippen LogP contribution >= 0.6 is 8.25 Å². The lowest BCUT2D eigenvalue weighted by molar-refractivity contribution is 0.282. The smallest absolute Gasteiger partial charge is 0.306 e. The summed E-state index contributed by atoms with van der Waals surface area (Å²) in [5, 5.41) is -0.633. The van der Waals surface area contributed by atoms with E-state index in [4.69, 9.17) is 9.45 Å². The van der Waals surface area contributed by atoms with E-state index in [0.717, 1.165) is 0 Å². The van der Waals surface area contributed by atoms with Crippen molar-refractivity contribution in [3.63, 3.8) is 0 Å². The summed E-state index contributed by atoms with van der Waals surface area (Å²) < 4.78 is 32.6. The third-order valence-corrected chi connectivity index (χ3v) is 1.96. The number of rotatable bonds is 4. The normalized spacial score (nSPS) is 18.1. The molecule has 0 amide bonds. The second kappa shape index (κ2) is 4.87. The van der Waals surface area contributed by atoms with E-state index in [1.54, 1.807) is 0 Å². The minimum Gasteiger partial charge on any atom is -0.306 e. The van der Waals surface area contributed by atoms with Crippen LogP contribution in [0.2, 0.25) is 0 Å². The van der Waals surface area contributed by atoms with Gasteiger partial charge in [0.05, 0.1) is 5.25 Å². The highest BCUT2D eigenvalue weighted by molar-refractivity contribution is 7.79. The van der Waals surface area contributed by atoms with Gasteiger partial charge in [-0.3, -0.25) is 0 Å². The quantitative estimate of drug-likeness (QED) is 0.487.